The zero-order valence-corrected chi connectivity index (χ0v) is 23.6. The van der Waals surface area contributed by atoms with Gasteiger partial charge >= 0.3 is 5.97 Å². The number of amides is 2. The summed E-state index contributed by atoms with van der Waals surface area (Å²) in [5.41, 5.74) is 1.08. The van der Waals surface area contributed by atoms with Gasteiger partial charge in [0.1, 0.15) is 6.61 Å². The lowest BCUT2D eigenvalue weighted by Gasteiger charge is -2.28. The summed E-state index contributed by atoms with van der Waals surface area (Å²) in [4.78, 5) is 38.9. The van der Waals surface area contributed by atoms with Gasteiger partial charge in [-0.05, 0) is 50.5 Å². The Morgan fingerprint density at radius 3 is 2.41 bits per heavy atom. The second-order valence-corrected chi connectivity index (χ2v) is 10.9. The molecule has 0 aromatic heterocycles. The van der Waals surface area contributed by atoms with Crippen molar-refractivity contribution in [1.82, 2.24) is 10.6 Å². The summed E-state index contributed by atoms with van der Waals surface area (Å²) in [7, 11) is 0. The molecule has 7 nitrogen and oxygen atoms in total. The number of aliphatic hydroxyl groups is 1. The molecule has 0 radical (unpaired) electrons. The Balaban J connectivity index is 2.07. The molecular weight excluding hydrogens is 492 g/mol. The number of rotatable bonds is 18. The maximum atomic E-state index is 13.3. The van der Waals surface area contributed by atoms with Crippen LogP contribution >= 0.6 is 0 Å². The first kappa shape index (κ1) is 32.3. The molecule has 2 rings (SSSR count). The lowest BCUT2D eigenvalue weighted by molar-refractivity contribution is -0.150. The predicted octanol–water partition coefficient (Wildman–Crippen LogP) is 4.89. The summed E-state index contributed by atoms with van der Waals surface area (Å²) in [6.07, 6.45) is 12.3. The van der Waals surface area contributed by atoms with Crippen molar-refractivity contribution in [3.8, 4) is 0 Å². The zero-order chi connectivity index (χ0) is 28.5. The van der Waals surface area contributed by atoms with Crippen LogP contribution in [0.3, 0.4) is 0 Å². The highest BCUT2D eigenvalue weighted by molar-refractivity contribution is 5.86. The molecule has 0 unspecified atom stereocenters. The average molecular weight is 541 g/mol. The maximum absolute atomic E-state index is 13.3. The minimum atomic E-state index is -0.587. The Bertz CT molecular complexity index is 897. The minimum Gasteiger partial charge on any atom is -0.463 e. The third-order valence-corrected chi connectivity index (χ3v) is 7.43. The van der Waals surface area contributed by atoms with Gasteiger partial charge in [-0.25, -0.2) is 0 Å². The van der Waals surface area contributed by atoms with E-state index in [1.807, 2.05) is 36.4 Å². The van der Waals surface area contributed by atoms with E-state index in [0.717, 1.165) is 31.2 Å². The highest BCUT2D eigenvalue weighted by Gasteiger charge is 2.28. The fourth-order valence-corrected chi connectivity index (χ4v) is 5.22. The number of hydrogen-bond acceptors (Lipinski definition) is 5. The normalized spacial score (nSPS) is 16.8. The lowest BCUT2D eigenvalue weighted by Crippen LogP contribution is -2.45. The van der Waals surface area contributed by atoms with Crippen LogP contribution in [0.15, 0.2) is 55.6 Å². The molecule has 1 aromatic rings. The van der Waals surface area contributed by atoms with Crippen molar-refractivity contribution in [1.29, 1.82) is 0 Å². The van der Waals surface area contributed by atoms with E-state index in [9.17, 15) is 19.5 Å². The van der Waals surface area contributed by atoms with Crippen LogP contribution in [0.25, 0.3) is 0 Å². The molecule has 0 saturated heterocycles. The Hall–Kier alpha value is -2.93. The second-order valence-electron chi connectivity index (χ2n) is 10.9. The lowest BCUT2D eigenvalue weighted by atomic mass is 9.84. The zero-order valence-electron chi connectivity index (χ0n) is 23.6. The summed E-state index contributed by atoms with van der Waals surface area (Å²) >= 11 is 0. The van der Waals surface area contributed by atoms with Gasteiger partial charge in [-0.15, -0.1) is 13.2 Å². The van der Waals surface area contributed by atoms with Gasteiger partial charge in [-0.1, -0.05) is 74.6 Å². The topological polar surface area (TPSA) is 105 Å². The van der Waals surface area contributed by atoms with E-state index in [1.165, 1.54) is 19.3 Å². The first-order chi connectivity index (χ1) is 18.9. The predicted molar refractivity (Wildman–Crippen MR) is 155 cm³/mol. The summed E-state index contributed by atoms with van der Waals surface area (Å²) in [5, 5.41) is 15.0. The summed E-state index contributed by atoms with van der Waals surface area (Å²) in [5.74, 6) is -1.21. The smallest absolute Gasteiger partial charge is 0.309 e. The fraction of sp³-hybridized carbons (Fsp3) is 0.594. The monoisotopic (exact) mass is 540 g/mol. The highest BCUT2D eigenvalue weighted by atomic mass is 16.5. The molecule has 1 fully saturated rings. The molecule has 216 valence electrons. The number of allylic oxidation sites excluding steroid dienone is 2. The molecule has 2 amide bonds. The van der Waals surface area contributed by atoms with Gasteiger partial charge in [0.25, 0.3) is 0 Å². The molecule has 1 aliphatic rings. The maximum Gasteiger partial charge on any atom is 0.309 e. The Morgan fingerprint density at radius 1 is 1.05 bits per heavy atom. The van der Waals surface area contributed by atoms with Crippen molar-refractivity contribution in [2.45, 2.75) is 89.6 Å². The molecule has 0 spiro atoms. The first-order valence-electron chi connectivity index (χ1n) is 14.5. The van der Waals surface area contributed by atoms with Crippen molar-refractivity contribution in [3.05, 3.63) is 61.2 Å². The molecule has 3 N–H and O–H groups in total. The Kier molecular flexibility index (Phi) is 15.2. The van der Waals surface area contributed by atoms with E-state index in [1.54, 1.807) is 13.0 Å². The number of benzene rings is 1. The van der Waals surface area contributed by atoms with E-state index in [4.69, 9.17) is 4.74 Å². The quantitative estimate of drug-likeness (QED) is 0.182. The van der Waals surface area contributed by atoms with Gasteiger partial charge in [0.2, 0.25) is 11.8 Å². The Morgan fingerprint density at radius 2 is 1.77 bits per heavy atom. The van der Waals surface area contributed by atoms with Crippen molar-refractivity contribution < 1.29 is 24.2 Å². The molecule has 7 heteroatoms. The third kappa shape index (κ3) is 12.6. The van der Waals surface area contributed by atoms with E-state index in [0.29, 0.717) is 25.2 Å². The molecule has 0 bridgehead atoms. The van der Waals surface area contributed by atoms with Gasteiger partial charge in [0.15, 0.2) is 0 Å². The van der Waals surface area contributed by atoms with Gasteiger partial charge in [0, 0.05) is 12.5 Å². The number of esters is 1. The fourth-order valence-electron chi connectivity index (χ4n) is 5.22. The molecule has 1 saturated carbocycles. The number of carbonyl (C=O) groups excluding carboxylic acids is 3. The van der Waals surface area contributed by atoms with Crippen molar-refractivity contribution in [2.24, 2.45) is 17.8 Å². The number of aliphatic hydroxyl groups excluding tert-OH is 1. The van der Waals surface area contributed by atoms with Crippen molar-refractivity contribution >= 4 is 17.8 Å². The minimum absolute atomic E-state index is 0.00116. The van der Waals surface area contributed by atoms with Crippen LogP contribution in [0, 0.1) is 17.8 Å². The summed E-state index contributed by atoms with van der Waals surface area (Å²) in [6.45, 7) is 9.19. The van der Waals surface area contributed by atoms with Gasteiger partial charge < -0.3 is 20.5 Å². The van der Waals surface area contributed by atoms with E-state index in [-0.39, 0.29) is 55.4 Å². The van der Waals surface area contributed by atoms with Crippen LogP contribution in [0.5, 0.6) is 0 Å². The second kappa shape index (κ2) is 18.4. The van der Waals surface area contributed by atoms with E-state index in [2.05, 4.69) is 23.8 Å². The number of ether oxygens (including phenoxy) is 1. The van der Waals surface area contributed by atoms with Crippen LogP contribution in [-0.2, 0) is 25.5 Å². The van der Waals surface area contributed by atoms with Gasteiger partial charge in [-0.3, -0.25) is 14.4 Å². The van der Waals surface area contributed by atoms with Crippen LogP contribution in [-0.4, -0.2) is 48.2 Å². The molecule has 0 heterocycles. The van der Waals surface area contributed by atoms with Crippen molar-refractivity contribution in [3.63, 3.8) is 0 Å². The van der Waals surface area contributed by atoms with E-state index < -0.39 is 5.92 Å². The SMILES string of the molecule is C=CCC[C@H](Cc1ccccc1)C(=O)OC[C@H](CC1CCCCC1)NC(=O)[C@H](CC=C)CC(=O)N[C@@H](C)CO. The van der Waals surface area contributed by atoms with Gasteiger partial charge in [0.05, 0.1) is 24.5 Å². The van der Waals surface area contributed by atoms with Crippen LogP contribution < -0.4 is 10.6 Å². The van der Waals surface area contributed by atoms with Crippen LogP contribution in [0.1, 0.15) is 76.7 Å². The number of nitrogens with one attached hydrogen (secondary N) is 2. The standard InChI is InChI=1S/C32H48N2O5/c1-4-6-18-28(19-25-14-9-7-10-15-25)32(38)39-23-29(20-26-16-11-8-12-17-26)34-31(37)27(13-5-2)21-30(36)33-24(3)22-35/h4-5,7,9-10,14-15,24,26-29,35H,1-2,6,8,11-13,16-23H2,3H3,(H,33,36)(H,34,37)/t24-,27+,28+,29-/m0/s1. The largest absolute Gasteiger partial charge is 0.463 e. The number of hydrogen-bond donors (Lipinski definition) is 3. The molecule has 4 atom stereocenters. The van der Waals surface area contributed by atoms with Gasteiger partial charge in [-0.2, -0.15) is 0 Å². The first-order valence-corrected chi connectivity index (χ1v) is 14.5. The molecular formula is C32H48N2O5. The van der Waals surface area contributed by atoms with E-state index >= 15 is 0 Å². The summed E-state index contributed by atoms with van der Waals surface area (Å²) in [6, 6.07) is 9.20. The van der Waals surface area contributed by atoms with Crippen molar-refractivity contribution in [2.75, 3.05) is 13.2 Å². The van der Waals surface area contributed by atoms with Crippen LogP contribution in [0.4, 0.5) is 0 Å². The Labute approximate surface area is 234 Å². The molecule has 39 heavy (non-hydrogen) atoms. The highest BCUT2D eigenvalue weighted by Crippen LogP contribution is 2.28. The number of carbonyl (C=O) groups is 3. The molecule has 0 aliphatic heterocycles. The summed E-state index contributed by atoms with van der Waals surface area (Å²) < 4.78 is 5.85. The molecule has 1 aliphatic carbocycles. The average Bonchev–Trinajstić information content (AvgIpc) is 2.94. The third-order valence-electron chi connectivity index (χ3n) is 7.43. The molecule has 1 aromatic carbocycles. The van der Waals surface area contributed by atoms with Crippen LogP contribution in [0.2, 0.25) is 0 Å².